The molecular formula is C16H11N5O3S2. The Balaban J connectivity index is 2.30. The van der Waals surface area contributed by atoms with Gasteiger partial charge in [-0.05, 0) is 6.26 Å². The highest BCUT2D eigenvalue weighted by Crippen LogP contribution is 2.40. The van der Waals surface area contributed by atoms with Gasteiger partial charge in [-0.1, -0.05) is 12.1 Å². The summed E-state index contributed by atoms with van der Waals surface area (Å²) in [7, 11) is 0. The zero-order valence-corrected chi connectivity index (χ0v) is 15.1. The predicted molar refractivity (Wildman–Crippen MR) is 99.6 cm³/mol. The topological polar surface area (TPSA) is 127 Å². The first-order chi connectivity index (χ1) is 12.4. The van der Waals surface area contributed by atoms with E-state index in [-0.39, 0.29) is 44.9 Å². The van der Waals surface area contributed by atoms with Crippen molar-refractivity contribution in [3.63, 3.8) is 0 Å². The Morgan fingerprint density at radius 2 is 2.27 bits per heavy atom. The van der Waals surface area contributed by atoms with Crippen LogP contribution in [0.2, 0.25) is 0 Å². The van der Waals surface area contributed by atoms with E-state index in [1.807, 2.05) is 6.07 Å². The highest BCUT2D eigenvalue weighted by Gasteiger charge is 2.20. The molecule has 0 bridgehead atoms. The molecule has 0 unspecified atom stereocenters. The Hall–Kier alpha value is -3.08. The molecule has 1 aromatic heterocycles. The monoisotopic (exact) mass is 385 g/mol. The number of hydrogen-bond donors (Lipinski definition) is 1. The molecule has 8 nitrogen and oxygen atoms in total. The van der Waals surface area contributed by atoms with E-state index in [1.165, 1.54) is 36.0 Å². The molecule has 2 rings (SSSR count). The van der Waals surface area contributed by atoms with E-state index >= 15 is 0 Å². The van der Waals surface area contributed by atoms with Crippen LogP contribution in [0.5, 0.6) is 0 Å². The van der Waals surface area contributed by atoms with Gasteiger partial charge < -0.3 is 5.73 Å². The summed E-state index contributed by atoms with van der Waals surface area (Å²) in [5, 5.41) is 20.2. The van der Waals surface area contributed by atoms with E-state index in [0.717, 1.165) is 11.8 Å². The first kappa shape index (κ1) is 19.2. The van der Waals surface area contributed by atoms with Gasteiger partial charge in [0.05, 0.1) is 22.8 Å². The number of Topliss-reactive ketones (excluding diaryl/α,β-unsaturated/α-hetero) is 1. The number of nitrogens with zero attached hydrogens (tertiary/aromatic N) is 4. The van der Waals surface area contributed by atoms with Gasteiger partial charge in [-0.3, -0.25) is 14.9 Å². The van der Waals surface area contributed by atoms with Gasteiger partial charge in [0, 0.05) is 22.6 Å². The maximum atomic E-state index is 12.3. The number of nitro groups is 1. The van der Waals surface area contributed by atoms with Gasteiger partial charge in [-0.25, -0.2) is 9.83 Å². The number of aromatic nitrogens is 1. The predicted octanol–water partition coefficient (Wildman–Crippen LogP) is 3.69. The molecule has 130 valence electrons. The van der Waals surface area contributed by atoms with Crippen LogP contribution in [-0.2, 0) is 0 Å². The molecule has 0 aliphatic rings. The molecule has 10 heteroatoms. The standard InChI is InChI=1S/C16H11N5O3S2/c1-19-13-14(25-2)11(7-17)15(18)20-16(13)26-8-12(22)9-4-3-5-10(6-9)21(23)24/h3-6H,8H2,2H3,(H2,18,20). The summed E-state index contributed by atoms with van der Waals surface area (Å²) >= 11 is 2.21. The molecule has 2 N–H and O–H groups in total. The van der Waals surface area contributed by atoms with Crippen molar-refractivity contribution in [3.8, 4) is 6.07 Å². The number of nitrogen functional groups attached to an aromatic ring is 1. The fourth-order valence-corrected chi connectivity index (χ4v) is 3.70. The number of pyridine rings is 1. The summed E-state index contributed by atoms with van der Waals surface area (Å²) in [6, 6.07) is 7.35. The minimum Gasteiger partial charge on any atom is -0.383 e. The number of nitriles is 1. The first-order valence-electron chi connectivity index (χ1n) is 6.98. The number of carbonyl (C=O) groups excluding carboxylic acids is 1. The van der Waals surface area contributed by atoms with E-state index in [4.69, 9.17) is 12.3 Å². The summed E-state index contributed by atoms with van der Waals surface area (Å²) in [6.07, 6.45) is 1.72. The lowest BCUT2D eigenvalue weighted by Gasteiger charge is -2.10. The van der Waals surface area contributed by atoms with Crippen LogP contribution in [0.25, 0.3) is 4.85 Å². The van der Waals surface area contributed by atoms with E-state index in [1.54, 1.807) is 6.26 Å². The number of rotatable bonds is 6. The van der Waals surface area contributed by atoms with Crippen molar-refractivity contribution < 1.29 is 9.72 Å². The minimum absolute atomic E-state index is 0.00505. The van der Waals surface area contributed by atoms with E-state index in [9.17, 15) is 20.2 Å². The summed E-state index contributed by atoms with van der Waals surface area (Å²) in [5.74, 6) is -0.421. The smallest absolute Gasteiger partial charge is 0.270 e. The van der Waals surface area contributed by atoms with Gasteiger partial charge in [0.2, 0.25) is 5.69 Å². The van der Waals surface area contributed by atoms with Gasteiger partial charge in [0.1, 0.15) is 16.9 Å². The SMILES string of the molecule is [C-]#[N+]c1c(SCC(=O)c2cccc([N+](=O)[O-])c2)nc(N)c(C#N)c1SC. The number of thioether (sulfide) groups is 2. The zero-order valence-electron chi connectivity index (χ0n) is 13.4. The van der Waals surface area contributed by atoms with Crippen molar-refractivity contribution >= 4 is 46.5 Å². The molecular weight excluding hydrogens is 374 g/mol. The molecule has 2 aromatic rings. The average molecular weight is 385 g/mol. The summed E-state index contributed by atoms with van der Waals surface area (Å²) in [4.78, 5) is 30.5. The van der Waals surface area contributed by atoms with Crippen LogP contribution in [0.15, 0.2) is 34.2 Å². The van der Waals surface area contributed by atoms with Gasteiger partial charge in [-0.15, -0.1) is 23.5 Å². The van der Waals surface area contributed by atoms with Crippen LogP contribution >= 0.6 is 23.5 Å². The van der Waals surface area contributed by atoms with Crippen LogP contribution < -0.4 is 5.73 Å². The second-order valence-electron chi connectivity index (χ2n) is 4.80. The van der Waals surface area contributed by atoms with Crippen LogP contribution in [-0.4, -0.2) is 27.7 Å². The first-order valence-corrected chi connectivity index (χ1v) is 9.19. The maximum absolute atomic E-state index is 12.3. The quantitative estimate of drug-likeness (QED) is 0.262. The number of benzene rings is 1. The molecule has 26 heavy (non-hydrogen) atoms. The second-order valence-corrected chi connectivity index (χ2v) is 6.58. The molecule has 0 aliphatic carbocycles. The Kier molecular flexibility index (Phi) is 6.17. The van der Waals surface area contributed by atoms with Crippen molar-refractivity contribution in [1.82, 2.24) is 4.98 Å². The molecule has 0 aliphatic heterocycles. The number of hydrogen-bond acceptors (Lipinski definition) is 8. The number of anilines is 1. The highest BCUT2D eigenvalue weighted by atomic mass is 32.2. The lowest BCUT2D eigenvalue weighted by molar-refractivity contribution is -0.384. The molecule has 0 fully saturated rings. The van der Waals surface area contributed by atoms with Crippen molar-refractivity contribution in [1.29, 1.82) is 5.26 Å². The van der Waals surface area contributed by atoms with Gasteiger partial charge in [-0.2, -0.15) is 5.26 Å². The second kappa shape index (κ2) is 8.34. The minimum atomic E-state index is -0.575. The van der Waals surface area contributed by atoms with Gasteiger partial charge >= 0.3 is 0 Å². The molecule has 0 amide bonds. The van der Waals surface area contributed by atoms with E-state index in [0.29, 0.717) is 4.90 Å². The average Bonchev–Trinajstić information content (AvgIpc) is 2.65. The third-order valence-corrected chi connectivity index (χ3v) is 5.04. The summed E-state index contributed by atoms with van der Waals surface area (Å²) in [5.41, 5.74) is 6.11. The highest BCUT2D eigenvalue weighted by molar-refractivity contribution is 8.00. The van der Waals surface area contributed by atoms with Crippen LogP contribution in [0, 0.1) is 28.0 Å². The molecule has 0 spiro atoms. The number of nitrogens with two attached hydrogens (primary N) is 1. The fraction of sp³-hybridized carbons (Fsp3) is 0.125. The number of carbonyl (C=O) groups is 1. The maximum Gasteiger partial charge on any atom is 0.270 e. The lowest BCUT2D eigenvalue weighted by Crippen LogP contribution is -2.05. The third kappa shape index (κ3) is 3.94. The van der Waals surface area contributed by atoms with Gasteiger partial charge in [0.15, 0.2) is 5.78 Å². The van der Waals surface area contributed by atoms with Crippen LogP contribution in [0.3, 0.4) is 0 Å². The number of nitro benzene ring substituents is 1. The van der Waals surface area contributed by atoms with Crippen molar-refractivity contribution in [2.75, 3.05) is 17.7 Å². The number of non-ortho nitro benzene ring substituents is 1. The van der Waals surface area contributed by atoms with Crippen LogP contribution in [0.4, 0.5) is 17.2 Å². The molecule has 1 aromatic carbocycles. The van der Waals surface area contributed by atoms with E-state index in [2.05, 4.69) is 9.83 Å². The molecule has 0 atom stereocenters. The van der Waals surface area contributed by atoms with Gasteiger partial charge in [0.25, 0.3) is 5.69 Å². The molecule has 0 radical (unpaired) electrons. The van der Waals surface area contributed by atoms with Crippen molar-refractivity contribution in [2.24, 2.45) is 0 Å². The normalized spacial score (nSPS) is 9.96. The largest absolute Gasteiger partial charge is 0.383 e. The fourth-order valence-electron chi connectivity index (χ4n) is 2.07. The Labute approximate surface area is 157 Å². The third-order valence-electron chi connectivity index (χ3n) is 3.27. The van der Waals surface area contributed by atoms with E-state index < -0.39 is 4.92 Å². The molecule has 0 saturated carbocycles. The summed E-state index contributed by atoms with van der Waals surface area (Å²) in [6.45, 7) is 7.34. The van der Waals surface area contributed by atoms with Crippen molar-refractivity contribution in [2.45, 2.75) is 9.92 Å². The van der Waals surface area contributed by atoms with Crippen molar-refractivity contribution in [3.05, 3.63) is 56.9 Å². The van der Waals surface area contributed by atoms with Crippen LogP contribution in [0.1, 0.15) is 15.9 Å². The Bertz CT molecular complexity index is 979. The molecule has 0 saturated heterocycles. The Morgan fingerprint density at radius 3 is 2.85 bits per heavy atom. The lowest BCUT2D eigenvalue weighted by atomic mass is 10.1. The number of ketones is 1. The zero-order chi connectivity index (χ0) is 19.3. The Morgan fingerprint density at radius 1 is 1.54 bits per heavy atom. The molecule has 1 heterocycles. The summed E-state index contributed by atoms with van der Waals surface area (Å²) < 4.78 is 0.